The molecule has 1 heterocycles. The van der Waals surface area contributed by atoms with Gasteiger partial charge in [0.15, 0.2) is 5.52 Å². The second kappa shape index (κ2) is 2.63. The third-order valence-corrected chi connectivity index (χ3v) is 2.39. The summed E-state index contributed by atoms with van der Waals surface area (Å²) in [6.07, 6.45) is 0. The van der Waals surface area contributed by atoms with E-state index in [1.807, 2.05) is 0 Å². The number of non-ortho nitro benzene ring substituents is 1. The molecule has 0 saturated heterocycles. The number of aromatic nitrogens is 2. The molecular formula is C6H4N4O2S. The lowest BCUT2D eigenvalue weighted by atomic mass is 10.2. The average molecular weight is 196 g/mol. The van der Waals surface area contributed by atoms with Gasteiger partial charge in [0.2, 0.25) is 0 Å². The minimum absolute atomic E-state index is 0.0575. The lowest BCUT2D eigenvalue weighted by molar-refractivity contribution is -0.383. The van der Waals surface area contributed by atoms with Gasteiger partial charge in [0.1, 0.15) is 4.70 Å². The van der Waals surface area contributed by atoms with E-state index >= 15 is 0 Å². The molecule has 0 amide bonds. The molecule has 6 nitrogen and oxygen atoms in total. The van der Waals surface area contributed by atoms with Gasteiger partial charge in [0, 0.05) is 6.07 Å². The van der Waals surface area contributed by atoms with Crippen LogP contribution in [-0.2, 0) is 0 Å². The van der Waals surface area contributed by atoms with Crippen molar-refractivity contribution in [3.8, 4) is 0 Å². The molecule has 13 heavy (non-hydrogen) atoms. The molecule has 0 saturated carbocycles. The molecule has 0 aliphatic heterocycles. The summed E-state index contributed by atoms with van der Waals surface area (Å²) in [4.78, 5) is 10.0. The van der Waals surface area contributed by atoms with Gasteiger partial charge in [-0.25, -0.2) is 0 Å². The highest BCUT2D eigenvalue weighted by molar-refractivity contribution is 7.13. The molecule has 0 aliphatic rings. The summed E-state index contributed by atoms with van der Waals surface area (Å²) in [5.41, 5.74) is 6.25. The Balaban J connectivity index is 2.86. The van der Waals surface area contributed by atoms with E-state index in [1.165, 1.54) is 12.1 Å². The zero-order valence-electron chi connectivity index (χ0n) is 6.30. The number of nitrogen functional groups attached to an aromatic ring is 1. The summed E-state index contributed by atoms with van der Waals surface area (Å²) in [5, 5.41) is 14.2. The predicted molar refractivity (Wildman–Crippen MR) is 48.5 cm³/mol. The quantitative estimate of drug-likeness (QED) is 0.419. The Morgan fingerprint density at radius 1 is 1.54 bits per heavy atom. The summed E-state index contributed by atoms with van der Waals surface area (Å²) >= 11 is 1.05. The van der Waals surface area contributed by atoms with E-state index in [2.05, 4.69) is 9.59 Å². The van der Waals surface area contributed by atoms with Gasteiger partial charge >= 0.3 is 0 Å². The van der Waals surface area contributed by atoms with Crippen LogP contribution in [0.15, 0.2) is 12.1 Å². The Morgan fingerprint density at radius 3 is 3.00 bits per heavy atom. The highest BCUT2D eigenvalue weighted by Gasteiger charge is 2.16. The van der Waals surface area contributed by atoms with Crippen molar-refractivity contribution in [2.45, 2.75) is 0 Å². The van der Waals surface area contributed by atoms with Gasteiger partial charge in [0.25, 0.3) is 5.69 Å². The first-order valence-electron chi connectivity index (χ1n) is 3.35. The van der Waals surface area contributed by atoms with Crippen LogP contribution in [0.25, 0.3) is 10.2 Å². The number of nitro benzene ring substituents is 1. The van der Waals surface area contributed by atoms with Crippen molar-refractivity contribution in [1.29, 1.82) is 0 Å². The topological polar surface area (TPSA) is 94.9 Å². The predicted octanol–water partition coefficient (Wildman–Crippen LogP) is 1.18. The maximum absolute atomic E-state index is 10.5. The molecular weight excluding hydrogens is 192 g/mol. The number of hydrogen-bond donors (Lipinski definition) is 1. The van der Waals surface area contributed by atoms with Crippen LogP contribution in [0.4, 0.5) is 11.4 Å². The SMILES string of the molecule is Nc1ccc([N+](=O)[O-])c2nnsc12. The van der Waals surface area contributed by atoms with E-state index in [4.69, 9.17) is 5.73 Å². The van der Waals surface area contributed by atoms with Crippen LogP contribution in [0.5, 0.6) is 0 Å². The number of benzene rings is 1. The molecule has 2 N–H and O–H groups in total. The minimum atomic E-state index is -0.497. The third kappa shape index (κ3) is 1.09. The van der Waals surface area contributed by atoms with Crippen molar-refractivity contribution in [3.05, 3.63) is 22.2 Å². The molecule has 2 rings (SSSR count). The highest BCUT2D eigenvalue weighted by Crippen LogP contribution is 2.29. The van der Waals surface area contributed by atoms with Crippen LogP contribution in [0, 0.1) is 10.1 Å². The van der Waals surface area contributed by atoms with Crippen LogP contribution in [0.3, 0.4) is 0 Å². The van der Waals surface area contributed by atoms with E-state index < -0.39 is 4.92 Å². The highest BCUT2D eigenvalue weighted by atomic mass is 32.1. The van der Waals surface area contributed by atoms with Crippen LogP contribution >= 0.6 is 11.5 Å². The Morgan fingerprint density at radius 2 is 2.31 bits per heavy atom. The molecule has 0 aliphatic carbocycles. The molecule has 0 atom stereocenters. The fourth-order valence-electron chi connectivity index (χ4n) is 1.02. The lowest BCUT2D eigenvalue weighted by Crippen LogP contribution is -1.91. The van der Waals surface area contributed by atoms with Crippen LogP contribution in [0.1, 0.15) is 0 Å². The van der Waals surface area contributed by atoms with Gasteiger partial charge in [-0.05, 0) is 17.6 Å². The Bertz CT molecular complexity index is 480. The Kier molecular flexibility index (Phi) is 1.59. The fourth-order valence-corrected chi connectivity index (χ4v) is 1.63. The van der Waals surface area contributed by atoms with E-state index in [0.717, 1.165) is 11.5 Å². The van der Waals surface area contributed by atoms with Crippen molar-refractivity contribution in [1.82, 2.24) is 9.59 Å². The van der Waals surface area contributed by atoms with Crippen molar-refractivity contribution in [3.63, 3.8) is 0 Å². The summed E-state index contributed by atoms with van der Waals surface area (Å²) in [6.45, 7) is 0. The van der Waals surface area contributed by atoms with E-state index in [9.17, 15) is 10.1 Å². The van der Waals surface area contributed by atoms with E-state index in [1.54, 1.807) is 0 Å². The van der Waals surface area contributed by atoms with Crippen molar-refractivity contribution < 1.29 is 4.92 Å². The molecule has 2 aromatic rings. The summed E-state index contributed by atoms with van der Waals surface area (Å²) in [5.74, 6) is 0. The molecule has 7 heteroatoms. The van der Waals surface area contributed by atoms with Crippen molar-refractivity contribution in [2.75, 3.05) is 5.73 Å². The maximum Gasteiger partial charge on any atom is 0.298 e. The largest absolute Gasteiger partial charge is 0.397 e. The number of anilines is 1. The van der Waals surface area contributed by atoms with Gasteiger partial charge in [-0.15, -0.1) is 5.10 Å². The number of nitrogens with two attached hydrogens (primary N) is 1. The van der Waals surface area contributed by atoms with Gasteiger partial charge < -0.3 is 5.73 Å². The molecule has 1 aromatic heterocycles. The van der Waals surface area contributed by atoms with Crippen molar-refractivity contribution in [2.24, 2.45) is 0 Å². The van der Waals surface area contributed by atoms with Gasteiger partial charge in [-0.1, -0.05) is 4.49 Å². The molecule has 66 valence electrons. The maximum atomic E-state index is 10.5. The van der Waals surface area contributed by atoms with Crippen LogP contribution in [0.2, 0.25) is 0 Å². The van der Waals surface area contributed by atoms with Gasteiger partial charge in [-0.2, -0.15) is 0 Å². The second-order valence-electron chi connectivity index (χ2n) is 2.38. The Hall–Kier alpha value is -1.76. The lowest BCUT2D eigenvalue weighted by Gasteiger charge is -1.93. The standard InChI is InChI=1S/C6H4N4O2S/c7-3-1-2-4(10(11)12)5-6(3)13-9-8-5/h1-2H,7H2. The number of nitrogens with zero attached hydrogens (tertiary/aromatic N) is 3. The first-order valence-corrected chi connectivity index (χ1v) is 4.12. The zero-order chi connectivity index (χ0) is 9.42. The van der Waals surface area contributed by atoms with Crippen LogP contribution < -0.4 is 5.73 Å². The molecule has 1 aromatic carbocycles. The van der Waals surface area contributed by atoms with Gasteiger partial charge in [-0.3, -0.25) is 10.1 Å². The third-order valence-electron chi connectivity index (χ3n) is 1.61. The smallest absolute Gasteiger partial charge is 0.298 e. The van der Waals surface area contributed by atoms with Crippen LogP contribution in [-0.4, -0.2) is 14.5 Å². The van der Waals surface area contributed by atoms with Crippen molar-refractivity contribution >= 4 is 33.1 Å². The van der Waals surface area contributed by atoms with E-state index in [0.29, 0.717) is 10.4 Å². The monoisotopic (exact) mass is 196 g/mol. The minimum Gasteiger partial charge on any atom is -0.397 e. The zero-order valence-corrected chi connectivity index (χ0v) is 7.11. The number of nitro groups is 1. The average Bonchev–Trinajstić information content (AvgIpc) is 2.53. The fraction of sp³-hybridized carbons (Fsp3) is 0. The molecule has 0 unspecified atom stereocenters. The summed E-state index contributed by atoms with van der Waals surface area (Å²) in [6, 6.07) is 2.82. The number of fused-ring (bicyclic) bond motifs is 1. The van der Waals surface area contributed by atoms with Gasteiger partial charge in [0.05, 0.1) is 10.6 Å². The summed E-state index contributed by atoms with van der Waals surface area (Å²) < 4.78 is 4.18. The van der Waals surface area contributed by atoms with E-state index in [-0.39, 0.29) is 11.2 Å². The normalized spacial score (nSPS) is 10.5. The molecule has 0 spiro atoms. The summed E-state index contributed by atoms with van der Waals surface area (Å²) in [7, 11) is 0. The number of rotatable bonds is 1. The first kappa shape index (κ1) is 7.87. The molecule has 0 fully saturated rings. The second-order valence-corrected chi connectivity index (χ2v) is 3.14. The molecule has 0 bridgehead atoms. The number of hydrogen-bond acceptors (Lipinski definition) is 6. The Labute approximate surface area is 76.3 Å². The molecule has 0 radical (unpaired) electrons. The first-order chi connectivity index (χ1) is 6.20.